The van der Waals surface area contributed by atoms with Crippen LogP contribution in [0.25, 0.3) is 0 Å². The van der Waals surface area contributed by atoms with Gasteiger partial charge in [0.15, 0.2) is 0 Å². The normalized spacial score (nSPS) is 10.8. The van der Waals surface area contributed by atoms with Gasteiger partial charge in [-0.3, -0.25) is 10.3 Å². The third-order valence-corrected chi connectivity index (χ3v) is 4.09. The van der Waals surface area contributed by atoms with Gasteiger partial charge in [0.2, 0.25) is 0 Å². The van der Waals surface area contributed by atoms with Gasteiger partial charge in [0, 0.05) is 23.5 Å². The summed E-state index contributed by atoms with van der Waals surface area (Å²) in [5, 5.41) is 7.34. The predicted molar refractivity (Wildman–Crippen MR) is 86.1 cm³/mol. The van der Waals surface area contributed by atoms with Gasteiger partial charge in [-0.25, -0.2) is 4.98 Å². The van der Waals surface area contributed by atoms with Gasteiger partial charge in [-0.15, -0.1) is 11.3 Å². The van der Waals surface area contributed by atoms with Crippen LogP contribution in [0.1, 0.15) is 16.1 Å². The molecule has 5 nitrogen and oxygen atoms in total. The van der Waals surface area contributed by atoms with Crippen LogP contribution < -0.4 is 10.5 Å². The number of thiazole rings is 1. The van der Waals surface area contributed by atoms with Crippen LogP contribution in [0.4, 0.5) is 0 Å². The minimum absolute atomic E-state index is 0.0706. The first-order valence-electron chi connectivity index (χ1n) is 6.71. The molecule has 0 saturated heterocycles. The summed E-state index contributed by atoms with van der Waals surface area (Å²) >= 11 is 1.69. The number of hydrogen-bond donors (Lipinski definition) is 2. The summed E-state index contributed by atoms with van der Waals surface area (Å²) in [5.41, 5.74) is 9.11. The van der Waals surface area contributed by atoms with Crippen LogP contribution in [0.2, 0.25) is 0 Å². The monoisotopic (exact) mass is 304 g/mol. The Balaban J connectivity index is 1.76. The molecule has 2 aromatic rings. The van der Waals surface area contributed by atoms with E-state index in [9.17, 15) is 0 Å². The van der Waals surface area contributed by atoms with E-state index in [1.807, 2.05) is 24.6 Å². The Labute approximate surface area is 128 Å². The molecule has 112 valence electrons. The van der Waals surface area contributed by atoms with E-state index in [0.717, 1.165) is 24.5 Å². The van der Waals surface area contributed by atoms with Gasteiger partial charge < -0.3 is 10.5 Å². The van der Waals surface area contributed by atoms with E-state index in [1.54, 1.807) is 23.5 Å². The second kappa shape index (κ2) is 7.19. The number of hydrogen-bond acceptors (Lipinski definition) is 5. The number of aryl methyl sites for hydroxylation is 1. The standard InChI is InChI=1S/C15H20N4OS/c1-11-14(21-10-18-11)9-19(2)7-8-20-13-5-3-12(4-6-13)15(16)17/h3-6,10H,7-9H2,1-2H3,(H3,16,17). The maximum absolute atomic E-state index is 7.34. The number of ether oxygens (including phenoxy) is 1. The van der Waals surface area contributed by atoms with E-state index in [2.05, 4.69) is 16.9 Å². The van der Waals surface area contributed by atoms with Crippen molar-refractivity contribution in [2.75, 3.05) is 20.2 Å². The summed E-state index contributed by atoms with van der Waals surface area (Å²) in [5.74, 6) is 0.864. The number of nitrogens with one attached hydrogen (secondary N) is 1. The van der Waals surface area contributed by atoms with E-state index in [0.29, 0.717) is 12.2 Å². The summed E-state index contributed by atoms with van der Waals surface area (Å²) in [6.07, 6.45) is 0. The van der Waals surface area contributed by atoms with E-state index < -0.39 is 0 Å². The predicted octanol–water partition coefficient (Wildman–Crippen LogP) is 2.25. The SMILES string of the molecule is Cc1ncsc1CN(C)CCOc1ccc(C(=N)N)cc1. The molecule has 0 saturated carbocycles. The molecule has 0 aliphatic heterocycles. The van der Waals surface area contributed by atoms with Crippen molar-refractivity contribution in [1.82, 2.24) is 9.88 Å². The molecule has 1 aromatic heterocycles. The van der Waals surface area contributed by atoms with Gasteiger partial charge in [0.25, 0.3) is 0 Å². The fourth-order valence-electron chi connectivity index (χ4n) is 1.85. The minimum atomic E-state index is 0.0706. The van der Waals surface area contributed by atoms with Crippen molar-refractivity contribution in [3.8, 4) is 5.75 Å². The zero-order valence-corrected chi connectivity index (χ0v) is 13.1. The van der Waals surface area contributed by atoms with Gasteiger partial charge in [-0.05, 0) is 38.2 Å². The Bertz CT molecular complexity index is 594. The van der Waals surface area contributed by atoms with Crippen LogP contribution in [0, 0.1) is 12.3 Å². The molecule has 0 aliphatic rings. The molecule has 0 bridgehead atoms. The zero-order chi connectivity index (χ0) is 15.2. The van der Waals surface area contributed by atoms with Crippen LogP contribution in [0.5, 0.6) is 5.75 Å². The number of benzene rings is 1. The summed E-state index contributed by atoms with van der Waals surface area (Å²) in [6, 6.07) is 7.26. The highest BCUT2D eigenvalue weighted by Gasteiger charge is 2.06. The summed E-state index contributed by atoms with van der Waals surface area (Å²) < 4.78 is 5.70. The van der Waals surface area contributed by atoms with Crippen LogP contribution in [0.3, 0.4) is 0 Å². The average molecular weight is 304 g/mol. The second-order valence-electron chi connectivity index (χ2n) is 4.89. The molecule has 0 radical (unpaired) electrons. The Morgan fingerprint density at radius 3 is 2.67 bits per heavy atom. The van der Waals surface area contributed by atoms with Gasteiger partial charge in [-0.2, -0.15) is 0 Å². The Morgan fingerprint density at radius 2 is 2.10 bits per heavy atom. The number of aromatic nitrogens is 1. The van der Waals surface area contributed by atoms with E-state index in [-0.39, 0.29) is 5.84 Å². The zero-order valence-electron chi connectivity index (χ0n) is 12.3. The molecule has 0 unspecified atom stereocenters. The molecular weight excluding hydrogens is 284 g/mol. The third kappa shape index (κ3) is 4.54. The molecular formula is C15H20N4OS. The fraction of sp³-hybridized carbons (Fsp3) is 0.333. The molecule has 0 amide bonds. The van der Waals surface area contributed by atoms with Crippen molar-refractivity contribution in [1.29, 1.82) is 5.41 Å². The van der Waals surface area contributed by atoms with Crippen LogP contribution in [-0.4, -0.2) is 35.9 Å². The number of rotatable bonds is 7. The van der Waals surface area contributed by atoms with Crippen LogP contribution in [0.15, 0.2) is 29.8 Å². The quantitative estimate of drug-likeness (QED) is 0.607. The number of nitrogens with zero attached hydrogens (tertiary/aromatic N) is 2. The van der Waals surface area contributed by atoms with Crippen molar-refractivity contribution < 1.29 is 4.74 Å². The average Bonchev–Trinajstić information content (AvgIpc) is 2.85. The highest BCUT2D eigenvalue weighted by molar-refractivity contribution is 7.09. The Hall–Kier alpha value is -1.92. The highest BCUT2D eigenvalue weighted by Crippen LogP contribution is 2.14. The van der Waals surface area contributed by atoms with Crippen LogP contribution >= 0.6 is 11.3 Å². The fourth-order valence-corrected chi connectivity index (χ4v) is 2.71. The van der Waals surface area contributed by atoms with Crippen LogP contribution in [-0.2, 0) is 6.54 Å². The number of amidine groups is 1. The topological polar surface area (TPSA) is 75.2 Å². The molecule has 2 rings (SSSR count). The molecule has 0 spiro atoms. The number of nitrogen functional groups attached to an aromatic ring is 1. The third-order valence-electron chi connectivity index (χ3n) is 3.17. The van der Waals surface area contributed by atoms with E-state index in [4.69, 9.17) is 15.9 Å². The first-order chi connectivity index (χ1) is 10.1. The lowest BCUT2D eigenvalue weighted by Crippen LogP contribution is -2.23. The lowest BCUT2D eigenvalue weighted by molar-refractivity contribution is 0.233. The lowest BCUT2D eigenvalue weighted by Gasteiger charge is -2.16. The smallest absolute Gasteiger partial charge is 0.122 e. The molecule has 0 atom stereocenters. The minimum Gasteiger partial charge on any atom is -0.492 e. The highest BCUT2D eigenvalue weighted by atomic mass is 32.1. The molecule has 1 aromatic carbocycles. The van der Waals surface area contributed by atoms with Crippen molar-refractivity contribution in [2.24, 2.45) is 5.73 Å². The molecule has 0 fully saturated rings. The maximum atomic E-state index is 7.34. The van der Waals surface area contributed by atoms with Crippen molar-refractivity contribution >= 4 is 17.2 Å². The Morgan fingerprint density at radius 1 is 1.38 bits per heavy atom. The van der Waals surface area contributed by atoms with Crippen molar-refractivity contribution in [3.63, 3.8) is 0 Å². The second-order valence-corrected chi connectivity index (χ2v) is 5.82. The van der Waals surface area contributed by atoms with Crippen molar-refractivity contribution in [3.05, 3.63) is 45.9 Å². The molecule has 1 heterocycles. The molecule has 3 N–H and O–H groups in total. The molecule has 21 heavy (non-hydrogen) atoms. The molecule has 0 aliphatic carbocycles. The number of nitrogens with two attached hydrogens (primary N) is 1. The van der Waals surface area contributed by atoms with Gasteiger partial charge in [0.05, 0.1) is 11.2 Å². The summed E-state index contributed by atoms with van der Waals surface area (Å²) in [6.45, 7) is 4.38. The van der Waals surface area contributed by atoms with Gasteiger partial charge in [-0.1, -0.05) is 0 Å². The largest absolute Gasteiger partial charge is 0.492 e. The first-order valence-corrected chi connectivity index (χ1v) is 7.59. The van der Waals surface area contributed by atoms with E-state index >= 15 is 0 Å². The summed E-state index contributed by atoms with van der Waals surface area (Å²) in [4.78, 5) is 7.76. The molecule has 6 heteroatoms. The van der Waals surface area contributed by atoms with Crippen molar-refractivity contribution in [2.45, 2.75) is 13.5 Å². The first kappa shape index (κ1) is 15.5. The lowest BCUT2D eigenvalue weighted by atomic mass is 10.2. The summed E-state index contributed by atoms with van der Waals surface area (Å²) in [7, 11) is 2.07. The van der Waals surface area contributed by atoms with E-state index in [1.165, 1.54) is 4.88 Å². The Kier molecular flexibility index (Phi) is 5.30. The van der Waals surface area contributed by atoms with Gasteiger partial charge in [0.1, 0.15) is 18.2 Å². The van der Waals surface area contributed by atoms with Gasteiger partial charge >= 0.3 is 0 Å². The maximum Gasteiger partial charge on any atom is 0.122 e. The number of likely N-dealkylation sites (N-methyl/N-ethyl adjacent to an activating group) is 1.